The van der Waals surface area contributed by atoms with Crippen molar-refractivity contribution in [2.45, 2.75) is 57.0 Å². The Morgan fingerprint density at radius 2 is 1.94 bits per heavy atom. The molecule has 1 saturated carbocycles. The van der Waals surface area contributed by atoms with Crippen molar-refractivity contribution in [2.24, 2.45) is 0 Å². The zero-order valence-electron chi connectivity index (χ0n) is 10.4. The maximum absolute atomic E-state index is 12.7. The lowest BCUT2D eigenvalue weighted by Crippen LogP contribution is -2.71. The number of amides is 2. The molecule has 0 bridgehead atoms. The maximum atomic E-state index is 12.7. The number of carbonyl (C=O) groups is 2. The Morgan fingerprint density at radius 1 is 1.33 bits per heavy atom. The lowest BCUT2D eigenvalue weighted by Gasteiger charge is -2.49. The summed E-state index contributed by atoms with van der Waals surface area (Å²) < 4.78 is 25.3. The van der Waals surface area contributed by atoms with Gasteiger partial charge in [0.2, 0.25) is 11.8 Å². The summed E-state index contributed by atoms with van der Waals surface area (Å²) in [6.07, 6.45) is 0.963. The Labute approximate surface area is 105 Å². The number of nitrogens with one attached hydrogen (secondary N) is 1. The summed E-state index contributed by atoms with van der Waals surface area (Å²) in [4.78, 5) is 25.4. The van der Waals surface area contributed by atoms with Crippen molar-refractivity contribution >= 4 is 11.8 Å². The first-order valence-electron chi connectivity index (χ1n) is 6.38. The van der Waals surface area contributed by atoms with Gasteiger partial charge in [-0.05, 0) is 19.8 Å². The highest BCUT2D eigenvalue weighted by Crippen LogP contribution is 2.36. The van der Waals surface area contributed by atoms with Crippen molar-refractivity contribution in [1.82, 2.24) is 10.2 Å². The first-order valence-corrected chi connectivity index (χ1v) is 6.38. The second kappa shape index (κ2) is 4.82. The highest BCUT2D eigenvalue weighted by molar-refractivity contribution is 5.99. The Balaban J connectivity index is 2.31. The molecule has 6 heteroatoms. The van der Waals surface area contributed by atoms with E-state index >= 15 is 0 Å². The monoisotopic (exact) mass is 260 g/mol. The molecule has 2 fully saturated rings. The van der Waals surface area contributed by atoms with Crippen LogP contribution in [0.2, 0.25) is 0 Å². The maximum Gasteiger partial charge on any atom is 0.255 e. The quantitative estimate of drug-likeness (QED) is 0.813. The zero-order chi connectivity index (χ0) is 13.3. The van der Waals surface area contributed by atoms with Gasteiger partial charge in [-0.25, -0.2) is 8.78 Å². The molecule has 1 atom stereocenters. The van der Waals surface area contributed by atoms with E-state index in [4.69, 9.17) is 0 Å². The van der Waals surface area contributed by atoms with E-state index in [0.717, 1.165) is 24.2 Å². The van der Waals surface area contributed by atoms with Crippen LogP contribution < -0.4 is 5.32 Å². The van der Waals surface area contributed by atoms with Crippen LogP contribution in [0.15, 0.2) is 0 Å². The van der Waals surface area contributed by atoms with Gasteiger partial charge in [0.05, 0.1) is 6.54 Å². The van der Waals surface area contributed by atoms with Crippen LogP contribution in [-0.4, -0.2) is 41.3 Å². The first kappa shape index (κ1) is 13.2. The van der Waals surface area contributed by atoms with Crippen molar-refractivity contribution in [3.63, 3.8) is 0 Å². The van der Waals surface area contributed by atoms with Crippen LogP contribution in [0.25, 0.3) is 0 Å². The molecule has 1 N–H and O–H groups in total. The summed E-state index contributed by atoms with van der Waals surface area (Å²) in [5.41, 5.74) is -1.03. The van der Waals surface area contributed by atoms with Crippen LogP contribution in [0, 0.1) is 0 Å². The second-order valence-electron chi connectivity index (χ2n) is 5.13. The molecule has 0 radical (unpaired) electrons. The van der Waals surface area contributed by atoms with Crippen LogP contribution >= 0.6 is 0 Å². The largest absolute Gasteiger partial charge is 0.343 e. The molecule has 102 valence electrons. The smallest absolute Gasteiger partial charge is 0.255 e. The predicted octanol–water partition coefficient (Wildman–Crippen LogP) is 1.30. The van der Waals surface area contributed by atoms with Crippen LogP contribution in [-0.2, 0) is 9.59 Å². The molecular weight excluding hydrogens is 242 g/mol. The van der Waals surface area contributed by atoms with Gasteiger partial charge in [-0.3, -0.25) is 9.59 Å². The Kier molecular flexibility index (Phi) is 3.54. The fourth-order valence-corrected chi connectivity index (χ4v) is 3.00. The summed E-state index contributed by atoms with van der Waals surface area (Å²) in [6, 6.07) is -0.705. The van der Waals surface area contributed by atoms with Gasteiger partial charge in [-0.15, -0.1) is 0 Å². The Hall–Kier alpha value is -1.20. The predicted molar refractivity (Wildman–Crippen MR) is 61.1 cm³/mol. The molecule has 1 unspecified atom stereocenters. The summed E-state index contributed by atoms with van der Waals surface area (Å²) in [5.74, 6) is -0.660. The van der Waals surface area contributed by atoms with Gasteiger partial charge >= 0.3 is 0 Å². The first-order chi connectivity index (χ1) is 8.47. The highest BCUT2D eigenvalue weighted by Gasteiger charge is 2.52. The molecule has 18 heavy (non-hydrogen) atoms. The van der Waals surface area contributed by atoms with Gasteiger partial charge in [0.1, 0.15) is 11.6 Å². The van der Waals surface area contributed by atoms with Crippen LogP contribution in [0.4, 0.5) is 8.78 Å². The van der Waals surface area contributed by atoms with Crippen molar-refractivity contribution < 1.29 is 18.4 Å². The Bertz CT molecular complexity index is 354. The molecule has 0 aromatic heterocycles. The van der Waals surface area contributed by atoms with E-state index in [-0.39, 0.29) is 5.91 Å². The van der Waals surface area contributed by atoms with Crippen molar-refractivity contribution in [2.75, 3.05) is 6.54 Å². The summed E-state index contributed by atoms with van der Waals surface area (Å²) >= 11 is 0. The van der Waals surface area contributed by atoms with E-state index in [1.54, 1.807) is 0 Å². The van der Waals surface area contributed by atoms with Crippen molar-refractivity contribution in [3.05, 3.63) is 0 Å². The second-order valence-corrected chi connectivity index (χ2v) is 5.13. The number of alkyl halides is 2. The molecule has 0 aromatic carbocycles. The third-order valence-corrected chi connectivity index (χ3v) is 3.92. The van der Waals surface area contributed by atoms with Crippen molar-refractivity contribution in [3.8, 4) is 0 Å². The van der Waals surface area contributed by atoms with Crippen LogP contribution in [0.3, 0.4) is 0 Å². The van der Waals surface area contributed by atoms with Gasteiger partial charge in [0.25, 0.3) is 6.43 Å². The fraction of sp³-hybridized carbons (Fsp3) is 0.833. The van der Waals surface area contributed by atoms with E-state index in [0.29, 0.717) is 12.8 Å². The third kappa shape index (κ3) is 2.08. The lowest BCUT2D eigenvalue weighted by molar-refractivity contribution is -0.162. The topological polar surface area (TPSA) is 49.4 Å². The average Bonchev–Trinajstić information content (AvgIpc) is 2.34. The van der Waals surface area contributed by atoms with Gasteiger partial charge < -0.3 is 10.2 Å². The number of hydrogen-bond donors (Lipinski definition) is 1. The molecule has 4 nitrogen and oxygen atoms in total. The van der Waals surface area contributed by atoms with E-state index in [2.05, 4.69) is 5.32 Å². The van der Waals surface area contributed by atoms with E-state index < -0.39 is 30.5 Å². The van der Waals surface area contributed by atoms with Gasteiger partial charge in [-0.1, -0.05) is 19.3 Å². The number of nitrogens with zero attached hydrogens (tertiary/aromatic N) is 1. The molecule has 1 aliphatic carbocycles. The number of piperazine rings is 1. The van der Waals surface area contributed by atoms with E-state index in [1.165, 1.54) is 6.92 Å². The van der Waals surface area contributed by atoms with Gasteiger partial charge in [0.15, 0.2) is 0 Å². The van der Waals surface area contributed by atoms with Gasteiger partial charge in [0, 0.05) is 0 Å². The molecule has 1 aliphatic heterocycles. The van der Waals surface area contributed by atoms with Crippen LogP contribution in [0.5, 0.6) is 0 Å². The number of rotatable bonds is 2. The number of halogens is 2. The standard InChI is InChI=1S/C12H18F2N2O2/c1-8-10(17)16(7-9(13)14)12(11(18)15-8)5-3-2-4-6-12/h8-9H,2-7H2,1H3,(H,15,18). The highest BCUT2D eigenvalue weighted by atomic mass is 19.3. The normalized spacial score (nSPS) is 27.8. The van der Waals surface area contributed by atoms with E-state index in [9.17, 15) is 18.4 Å². The Morgan fingerprint density at radius 3 is 2.50 bits per heavy atom. The molecule has 1 saturated heterocycles. The molecule has 2 aliphatic rings. The van der Waals surface area contributed by atoms with Gasteiger partial charge in [-0.2, -0.15) is 0 Å². The molecule has 1 heterocycles. The third-order valence-electron chi connectivity index (χ3n) is 3.92. The van der Waals surface area contributed by atoms with Crippen LogP contribution in [0.1, 0.15) is 39.0 Å². The molecular formula is C12H18F2N2O2. The SMILES string of the molecule is CC1NC(=O)C2(CCCCC2)N(CC(F)F)C1=O. The molecule has 2 rings (SSSR count). The molecule has 2 amide bonds. The van der Waals surface area contributed by atoms with Crippen molar-refractivity contribution in [1.29, 1.82) is 0 Å². The molecule has 0 aromatic rings. The minimum atomic E-state index is -2.61. The lowest BCUT2D eigenvalue weighted by atomic mass is 9.77. The summed E-state index contributed by atoms with van der Waals surface area (Å²) in [7, 11) is 0. The van der Waals surface area contributed by atoms with E-state index in [1.807, 2.05) is 0 Å². The average molecular weight is 260 g/mol. The fourth-order valence-electron chi connectivity index (χ4n) is 3.00. The summed E-state index contributed by atoms with van der Waals surface area (Å²) in [6.45, 7) is 0.894. The molecule has 1 spiro atoms. The summed E-state index contributed by atoms with van der Waals surface area (Å²) in [5, 5.41) is 2.62. The minimum absolute atomic E-state index is 0.269. The zero-order valence-corrected chi connectivity index (χ0v) is 10.4. The number of carbonyl (C=O) groups excluding carboxylic acids is 2. The minimum Gasteiger partial charge on any atom is -0.343 e. The number of hydrogen-bond acceptors (Lipinski definition) is 2.